The molecule has 36 heavy (non-hydrogen) atoms. The Morgan fingerprint density at radius 2 is 1.75 bits per heavy atom. The maximum Gasteiger partial charge on any atom is 0.336 e. The molecule has 0 saturated carbocycles. The first-order valence-electron chi connectivity index (χ1n) is 12.5. The molecule has 2 atom stereocenters. The second kappa shape index (κ2) is 10.0. The third kappa shape index (κ3) is 4.54. The monoisotopic (exact) mass is 480 g/mol. The summed E-state index contributed by atoms with van der Waals surface area (Å²) in [6.07, 6.45) is 0.803. The van der Waals surface area contributed by atoms with Crippen molar-refractivity contribution in [2.24, 2.45) is 0 Å². The van der Waals surface area contributed by atoms with Gasteiger partial charge in [-0.25, -0.2) is 4.79 Å². The molecule has 4 aromatic rings. The highest BCUT2D eigenvalue weighted by atomic mass is 16.5. The van der Waals surface area contributed by atoms with Crippen molar-refractivity contribution in [3.05, 3.63) is 101 Å². The number of fused-ring (bicyclic) bond motifs is 2. The van der Waals surface area contributed by atoms with Gasteiger partial charge in [0.25, 0.3) is 0 Å². The van der Waals surface area contributed by atoms with Crippen molar-refractivity contribution in [1.82, 2.24) is 5.32 Å². The third-order valence-corrected chi connectivity index (χ3v) is 7.19. The first-order valence-corrected chi connectivity index (χ1v) is 12.5. The second-order valence-corrected chi connectivity index (χ2v) is 9.56. The molecule has 0 amide bonds. The number of nitrogens with zero attached hydrogens (tertiary/aromatic N) is 1. The Bertz CT molecular complexity index is 1410. The van der Waals surface area contributed by atoms with Gasteiger partial charge in [-0.15, -0.1) is 0 Å². The number of carbonyl (C=O) groups is 1. The zero-order valence-electron chi connectivity index (χ0n) is 21.0. The minimum absolute atomic E-state index is 0.0268. The molecule has 1 unspecified atom stereocenters. The molecule has 0 radical (unpaired) electrons. The van der Waals surface area contributed by atoms with Crippen LogP contribution in [-0.2, 0) is 0 Å². The number of anilines is 2. The van der Waals surface area contributed by atoms with E-state index < -0.39 is 5.97 Å². The zero-order chi connectivity index (χ0) is 25.2. The highest BCUT2D eigenvalue weighted by Gasteiger charge is 2.28. The van der Waals surface area contributed by atoms with Gasteiger partial charge in [-0.2, -0.15) is 0 Å². The summed E-state index contributed by atoms with van der Waals surface area (Å²) in [4.78, 5) is 14.1. The van der Waals surface area contributed by atoms with E-state index in [2.05, 4.69) is 59.6 Å². The van der Waals surface area contributed by atoms with Crippen LogP contribution >= 0.6 is 0 Å². The topological polar surface area (TPSA) is 61.8 Å². The van der Waals surface area contributed by atoms with Gasteiger partial charge in [0.1, 0.15) is 11.9 Å². The van der Waals surface area contributed by atoms with Gasteiger partial charge in [0.05, 0.1) is 17.8 Å². The summed E-state index contributed by atoms with van der Waals surface area (Å²) in [5.74, 6) is -0.0655. The van der Waals surface area contributed by atoms with E-state index in [4.69, 9.17) is 4.74 Å². The highest BCUT2D eigenvalue weighted by molar-refractivity contribution is 5.94. The van der Waals surface area contributed by atoms with Gasteiger partial charge in [-0.3, -0.25) is 0 Å². The smallest absolute Gasteiger partial charge is 0.336 e. The molecule has 0 aliphatic carbocycles. The van der Waals surface area contributed by atoms with E-state index in [-0.39, 0.29) is 12.1 Å². The molecular formula is C31H32N2O3. The summed E-state index contributed by atoms with van der Waals surface area (Å²) in [6, 6.07) is 27.1. The number of hydrogen-bond acceptors (Lipinski definition) is 4. The Balaban J connectivity index is 1.34. The summed E-state index contributed by atoms with van der Waals surface area (Å²) in [6.45, 7) is 7.40. The van der Waals surface area contributed by atoms with Crippen molar-refractivity contribution in [1.29, 1.82) is 0 Å². The van der Waals surface area contributed by atoms with Gasteiger partial charge in [-0.05, 0) is 79.4 Å². The van der Waals surface area contributed by atoms with Crippen molar-refractivity contribution in [2.75, 3.05) is 18.0 Å². The highest BCUT2D eigenvalue weighted by Crippen LogP contribution is 2.40. The van der Waals surface area contributed by atoms with Gasteiger partial charge in [0, 0.05) is 11.7 Å². The average Bonchev–Trinajstić information content (AvgIpc) is 2.88. The Labute approximate surface area is 212 Å². The number of para-hydroxylation sites is 2. The van der Waals surface area contributed by atoms with Crippen LogP contribution in [0.25, 0.3) is 10.8 Å². The van der Waals surface area contributed by atoms with Crippen LogP contribution in [0.1, 0.15) is 46.4 Å². The Hall–Kier alpha value is -3.83. The van der Waals surface area contributed by atoms with Crippen LogP contribution < -0.4 is 15.0 Å². The van der Waals surface area contributed by atoms with E-state index >= 15 is 0 Å². The number of aromatic carboxylic acids is 1. The van der Waals surface area contributed by atoms with E-state index in [1.807, 2.05) is 50.2 Å². The minimum atomic E-state index is -0.892. The van der Waals surface area contributed by atoms with E-state index in [1.54, 1.807) is 0 Å². The molecule has 0 saturated heterocycles. The molecule has 184 valence electrons. The normalized spacial score (nSPS) is 15.9. The van der Waals surface area contributed by atoms with E-state index in [0.717, 1.165) is 41.2 Å². The van der Waals surface area contributed by atoms with E-state index in [1.165, 1.54) is 16.3 Å². The predicted octanol–water partition coefficient (Wildman–Crippen LogP) is 6.79. The van der Waals surface area contributed by atoms with Crippen molar-refractivity contribution in [2.45, 2.75) is 39.3 Å². The Morgan fingerprint density at radius 1 is 1.00 bits per heavy atom. The molecule has 0 fully saturated rings. The molecule has 5 heteroatoms. The summed E-state index contributed by atoms with van der Waals surface area (Å²) in [5.41, 5.74) is 5.10. The van der Waals surface area contributed by atoms with Gasteiger partial charge >= 0.3 is 5.97 Å². The molecule has 0 spiro atoms. The zero-order valence-corrected chi connectivity index (χ0v) is 21.0. The fourth-order valence-electron chi connectivity index (χ4n) is 5.33. The summed E-state index contributed by atoms with van der Waals surface area (Å²) < 4.78 is 6.38. The van der Waals surface area contributed by atoms with Crippen LogP contribution in [0.4, 0.5) is 11.4 Å². The minimum Gasteiger partial charge on any atom is -0.486 e. The number of aryl methyl sites for hydroxylation is 1. The number of carboxylic acids is 1. The summed E-state index contributed by atoms with van der Waals surface area (Å²) in [7, 11) is 0. The van der Waals surface area contributed by atoms with Gasteiger partial charge in [0.2, 0.25) is 0 Å². The first kappa shape index (κ1) is 23.9. The van der Waals surface area contributed by atoms with Gasteiger partial charge in [-0.1, -0.05) is 60.7 Å². The standard InChI is InChI=1S/C31H32N2O3/c1-20-15-16-27(21(2)30(20)31(34)35)33-19-24(36-29-14-7-6-13-28(29)33)17-18-32-22(3)25-12-8-10-23-9-4-5-11-26(23)25/h4-16,22,24,32H,17-19H2,1-3H3,(H,34,35)/t22-,24?/m1/s1. The van der Waals surface area contributed by atoms with Gasteiger partial charge < -0.3 is 20.1 Å². The van der Waals surface area contributed by atoms with Crippen LogP contribution in [0.3, 0.4) is 0 Å². The number of rotatable bonds is 7. The lowest BCUT2D eigenvalue weighted by molar-refractivity contribution is 0.0695. The third-order valence-electron chi connectivity index (χ3n) is 7.19. The van der Waals surface area contributed by atoms with E-state index in [9.17, 15) is 9.90 Å². The van der Waals surface area contributed by atoms with E-state index in [0.29, 0.717) is 12.1 Å². The number of carboxylic acid groups (broad SMARTS) is 1. The SMILES string of the molecule is Cc1ccc(N2CC(CCN[C@H](C)c3cccc4ccccc34)Oc3ccccc32)c(C)c1C(=O)O. The number of hydrogen-bond donors (Lipinski definition) is 2. The predicted molar refractivity (Wildman–Crippen MR) is 146 cm³/mol. The Morgan fingerprint density at radius 3 is 2.58 bits per heavy atom. The Kier molecular flexibility index (Phi) is 6.66. The second-order valence-electron chi connectivity index (χ2n) is 9.56. The maximum atomic E-state index is 11.9. The van der Waals surface area contributed by atoms with Crippen LogP contribution in [0, 0.1) is 13.8 Å². The molecule has 1 aliphatic heterocycles. The number of benzene rings is 4. The van der Waals surface area contributed by atoms with Crippen LogP contribution in [0.5, 0.6) is 5.75 Å². The van der Waals surface area contributed by atoms with Crippen LogP contribution in [0.2, 0.25) is 0 Å². The van der Waals surface area contributed by atoms with Crippen molar-refractivity contribution in [3.8, 4) is 5.75 Å². The average molecular weight is 481 g/mol. The molecule has 5 nitrogen and oxygen atoms in total. The molecule has 4 aromatic carbocycles. The van der Waals surface area contributed by atoms with Crippen LogP contribution in [0.15, 0.2) is 78.9 Å². The number of ether oxygens (including phenoxy) is 1. The molecule has 1 heterocycles. The molecule has 1 aliphatic rings. The number of nitrogens with one attached hydrogen (secondary N) is 1. The molecular weight excluding hydrogens is 448 g/mol. The lowest BCUT2D eigenvalue weighted by Gasteiger charge is -2.37. The van der Waals surface area contributed by atoms with Crippen LogP contribution in [-0.4, -0.2) is 30.3 Å². The molecule has 2 N–H and O–H groups in total. The van der Waals surface area contributed by atoms with Gasteiger partial charge in [0.15, 0.2) is 0 Å². The summed E-state index contributed by atoms with van der Waals surface area (Å²) >= 11 is 0. The molecule has 0 aromatic heterocycles. The molecule has 0 bridgehead atoms. The fraction of sp³-hybridized carbons (Fsp3) is 0.258. The molecule has 5 rings (SSSR count). The lowest BCUT2D eigenvalue weighted by Crippen LogP contribution is -2.39. The van der Waals surface area contributed by atoms with Crippen molar-refractivity contribution >= 4 is 28.1 Å². The summed E-state index contributed by atoms with van der Waals surface area (Å²) in [5, 5.41) is 16.0. The lowest BCUT2D eigenvalue weighted by atomic mass is 9.99. The fourth-order valence-corrected chi connectivity index (χ4v) is 5.33. The quantitative estimate of drug-likeness (QED) is 0.305. The largest absolute Gasteiger partial charge is 0.486 e. The first-order chi connectivity index (χ1) is 17.4. The van der Waals surface area contributed by atoms with Crippen molar-refractivity contribution < 1.29 is 14.6 Å². The maximum absolute atomic E-state index is 11.9. The van der Waals surface area contributed by atoms with Crippen molar-refractivity contribution in [3.63, 3.8) is 0 Å².